The third-order valence-corrected chi connectivity index (χ3v) is 1.65. The van der Waals surface area contributed by atoms with E-state index in [-0.39, 0.29) is 5.91 Å². The van der Waals surface area contributed by atoms with Crippen LogP contribution in [0.2, 0.25) is 0 Å². The Morgan fingerprint density at radius 2 is 2.73 bits per heavy atom. The summed E-state index contributed by atoms with van der Waals surface area (Å²) in [5.74, 6) is 0.865. The Morgan fingerprint density at radius 3 is 3.27 bits per heavy atom. The van der Waals surface area contributed by atoms with Crippen LogP contribution < -0.4 is 5.73 Å². The lowest BCUT2D eigenvalue weighted by Crippen LogP contribution is -1.98. The van der Waals surface area contributed by atoms with Crippen LogP contribution in [-0.2, 0) is 4.79 Å². The van der Waals surface area contributed by atoms with Gasteiger partial charge >= 0.3 is 0 Å². The normalized spacial score (nSPS) is 20.2. The molecule has 0 aliphatic carbocycles. The zero-order chi connectivity index (χ0) is 8.10. The van der Waals surface area contributed by atoms with Crippen molar-refractivity contribution in [2.75, 3.05) is 5.75 Å². The largest absolute Gasteiger partial charge is 0.404 e. The molecular weight excluding hydrogens is 162 g/mol. The minimum Gasteiger partial charge on any atom is -0.404 e. The first-order chi connectivity index (χ1) is 5.33. The summed E-state index contributed by atoms with van der Waals surface area (Å²) in [5.41, 5.74) is 6.65. The van der Waals surface area contributed by atoms with Gasteiger partial charge in [0, 0.05) is 6.08 Å². The molecule has 0 unspecified atom stereocenters. The highest BCUT2D eigenvalue weighted by Gasteiger charge is 2.03. The Balaban J connectivity index is 2.57. The van der Waals surface area contributed by atoms with Gasteiger partial charge in [-0.3, -0.25) is 4.79 Å². The molecule has 58 valence electrons. The smallest absolute Gasteiger partial charge is 0.272 e. The first-order valence-corrected chi connectivity index (χ1v) is 4.02. The molecule has 0 aromatic rings. The number of aliphatic imine (C=N–C) groups is 2. The summed E-state index contributed by atoms with van der Waals surface area (Å²) in [5, 5.41) is 0. The Hall–Kier alpha value is -1.10. The molecule has 1 aliphatic rings. The highest BCUT2D eigenvalue weighted by Crippen LogP contribution is 2.05. The first-order valence-electron chi connectivity index (χ1n) is 2.97. The quantitative estimate of drug-likeness (QED) is 0.568. The lowest BCUT2D eigenvalue weighted by Gasteiger charge is -1.86. The second kappa shape index (κ2) is 3.92. The standard InChI is InChI=1S/C6H7N3OS/c7-2-1-6(10)9-5-3-11-4-8-5/h1-2,4H,3,7H2/b2-1+,9-5-. The summed E-state index contributed by atoms with van der Waals surface area (Å²) in [6.45, 7) is 0. The third-order valence-electron chi connectivity index (χ3n) is 0.967. The van der Waals surface area contributed by atoms with E-state index in [4.69, 9.17) is 5.73 Å². The van der Waals surface area contributed by atoms with Gasteiger partial charge in [0.2, 0.25) is 0 Å². The first kappa shape index (κ1) is 8.00. The molecule has 1 heterocycles. The van der Waals surface area contributed by atoms with Crippen LogP contribution in [0.25, 0.3) is 0 Å². The number of amidine groups is 1. The van der Waals surface area contributed by atoms with E-state index in [0.717, 1.165) is 6.20 Å². The van der Waals surface area contributed by atoms with E-state index in [2.05, 4.69) is 9.98 Å². The Kier molecular flexibility index (Phi) is 2.85. The second-order valence-corrected chi connectivity index (χ2v) is 2.60. The minimum atomic E-state index is -0.359. The number of nitrogens with two attached hydrogens (primary N) is 1. The van der Waals surface area contributed by atoms with Crippen LogP contribution in [-0.4, -0.2) is 23.0 Å². The monoisotopic (exact) mass is 169 g/mol. The van der Waals surface area contributed by atoms with Crippen LogP contribution in [0.4, 0.5) is 0 Å². The van der Waals surface area contributed by atoms with Crippen molar-refractivity contribution >= 4 is 29.1 Å². The predicted molar refractivity (Wildman–Crippen MR) is 46.7 cm³/mol. The maximum atomic E-state index is 10.8. The molecule has 1 amide bonds. The number of amides is 1. The Morgan fingerprint density at radius 1 is 1.91 bits per heavy atom. The van der Waals surface area contributed by atoms with E-state index in [1.54, 1.807) is 5.55 Å². The molecule has 1 rings (SSSR count). The average Bonchev–Trinajstić information content (AvgIpc) is 2.40. The molecule has 11 heavy (non-hydrogen) atoms. The third kappa shape index (κ3) is 2.55. The molecule has 5 heteroatoms. The average molecular weight is 169 g/mol. The molecule has 0 saturated carbocycles. The lowest BCUT2D eigenvalue weighted by atomic mass is 10.5. The van der Waals surface area contributed by atoms with E-state index in [0.29, 0.717) is 11.6 Å². The van der Waals surface area contributed by atoms with Crippen molar-refractivity contribution in [3.63, 3.8) is 0 Å². The summed E-state index contributed by atoms with van der Waals surface area (Å²) in [6, 6.07) is 0. The highest BCUT2D eigenvalue weighted by atomic mass is 32.2. The van der Waals surface area contributed by atoms with Crippen LogP contribution in [0.15, 0.2) is 22.3 Å². The predicted octanol–water partition coefficient (Wildman–Crippen LogP) is 0.159. The van der Waals surface area contributed by atoms with Gasteiger partial charge in [-0.25, -0.2) is 4.99 Å². The number of hydrogen-bond acceptors (Lipinski definition) is 3. The zero-order valence-electron chi connectivity index (χ0n) is 5.73. The molecule has 0 saturated heterocycles. The van der Waals surface area contributed by atoms with Crippen molar-refractivity contribution in [1.29, 1.82) is 0 Å². The van der Waals surface area contributed by atoms with E-state index in [1.807, 2.05) is 0 Å². The zero-order valence-corrected chi connectivity index (χ0v) is 6.54. The van der Waals surface area contributed by atoms with Crippen molar-refractivity contribution in [3.8, 4) is 0 Å². The molecule has 0 bridgehead atoms. The number of carbonyl (C=O) groups is 1. The molecule has 0 fully saturated rings. The van der Waals surface area contributed by atoms with Crippen LogP contribution >= 0.6 is 11.8 Å². The summed E-state index contributed by atoms with van der Waals surface area (Å²) in [6.07, 6.45) is 2.36. The summed E-state index contributed by atoms with van der Waals surface area (Å²) >= 11 is 1.51. The summed E-state index contributed by atoms with van der Waals surface area (Å²) in [4.78, 5) is 18.3. The van der Waals surface area contributed by atoms with Gasteiger partial charge in [-0.2, -0.15) is 4.99 Å². The molecule has 1 aliphatic heterocycles. The van der Waals surface area contributed by atoms with E-state index >= 15 is 0 Å². The van der Waals surface area contributed by atoms with Gasteiger partial charge in [0.05, 0.1) is 11.3 Å². The molecule has 4 nitrogen and oxygen atoms in total. The molecule has 0 radical (unpaired) electrons. The number of carbonyl (C=O) groups excluding carboxylic acids is 1. The fourth-order valence-electron chi connectivity index (χ4n) is 0.555. The van der Waals surface area contributed by atoms with Crippen LogP contribution in [0, 0.1) is 0 Å². The topological polar surface area (TPSA) is 67.8 Å². The molecule has 0 aromatic heterocycles. The van der Waals surface area contributed by atoms with Gasteiger partial charge in [-0.1, -0.05) is 0 Å². The second-order valence-electron chi connectivity index (χ2n) is 1.77. The maximum Gasteiger partial charge on any atom is 0.272 e. The minimum absolute atomic E-state index is 0.359. The van der Waals surface area contributed by atoms with Crippen molar-refractivity contribution in [3.05, 3.63) is 12.3 Å². The molecule has 2 N–H and O–H groups in total. The van der Waals surface area contributed by atoms with Gasteiger partial charge in [-0.15, -0.1) is 11.8 Å². The number of nitrogens with zero attached hydrogens (tertiary/aromatic N) is 2. The fourth-order valence-corrected chi connectivity index (χ4v) is 1.11. The lowest BCUT2D eigenvalue weighted by molar-refractivity contribution is -0.113. The van der Waals surface area contributed by atoms with Crippen molar-refractivity contribution < 1.29 is 4.79 Å². The number of hydrogen-bond donors (Lipinski definition) is 1. The SMILES string of the molecule is N/C=C/C(=O)/N=C1/CSC=N1. The Labute approximate surface area is 68.3 Å². The molecule has 0 aromatic carbocycles. The Bertz CT molecular complexity index is 244. The van der Waals surface area contributed by atoms with Crippen molar-refractivity contribution in [2.45, 2.75) is 0 Å². The highest BCUT2D eigenvalue weighted by molar-refractivity contribution is 8.13. The van der Waals surface area contributed by atoms with E-state index in [1.165, 1.54) is 17.8 Å². The summed E-state index contributed by atoms with van der Waals surface area (Å²) < 4.78 is 0. The van der Waals surface area contributed by atoms with Crippen molar-refractivity contribution in [1.82, 2.24) is 0 Å². The van der Waals surface area contributed by atoms with Gasteiger partial charge in [0.15, 0.2) is 0 Å². The van der Waals surface area contributed by atoms with Crippen LogP contribution in [0.3, 0.4) is 0 Å². The van der Waals surface area contributed by atoms with Crippen LogP contribution in [0.5, 0.6) is 0 Å². The van der Waals surface area contributed by atoms with Gasteiger partial charge < -0.3 is 5.73 Å². The van der Waals surface area contributed by atoms with E-state index < -0.39 is 0 Å². The van der Waals surface area contributed by atoms with E-state index in [9.17, 15) is 4.79 Å². The molecule has 0 atom stereocenters. The van der Waals surface area contributed by atoms with Crippen LogP contribution in [0.1, 0.15) is 0 Å². The molecular formula is C6H7N3OS. The van der Waals surface area contributed by atoms with Gasteiger partial charge in [0.25, 0.3) is 5.91 Å². The number of thioether (sulfide) groups is 1. The maximum absolute atomic E-state index is 10.8. The fraction of sp³-hybridized carbons (Fsp3) is 0.167. The number of rotatable bonds is 1. The molecule has 0 spiro atoms. The van der Waals surface area contributed by atoms with Gasteiger partial charge in [0.1, 0.15) is 5.84 Å². The van der Waals surface area contributed by atoms with Crippen molar-refractivity contribution in [2.24, 2.45) is 15.7 Å². The summed E-state index contributed by atoms with van der Waals surface area (Å²) in [7, 11) is 0. The van der Waals surface area contributed by atoms with Gasteiger partial charge in [-0.05, 0) is 6.20 Å².